The highest BCUT2D eigenvalue weighted by Gasteiger charge is 2.15. The average Bonchev–Trinajstić information content (AvgIpc) is 3.13. The fourth-order valence-corrected chi connectivity index (χ4v) is 3.78. The molecule has 4 aromatic rings. The van der Waals surface area contributed by atoms with E-state index in [-0.39, 0.29) is 12.5 Å². The van der Waals surface area contributed by atoms with E-state index < -0.39 is 0 Å². The van der Waals surface area contributed by atoms with Gasteiger partial charge in [0.25, 0.3) is 5.91 Å². The van der Waals surface area contributed by atoms with Crippen LogP contribution in [0.15, 0.2) is 60.2 Å². The summed E-state index contributed by atoms with van der Waals surface area (Å²) in [5.74, 6) is 0.184. The molecule has 0 radical (unpaired) electrons. The molecule has 1 amide bonds. The molecule has 2 aromatic heterocycles. The second-order valence-electron chi connectivity index (χ2n) is 6.58. The highest BCUT2D eigenvalue weighted by molar-refractivity contribution is 7.17. The van der Waals surface area contributed by atoms with Crippen molar-refractivity contribution in [2.75, 3.05) is 11.9 Å². The second kappa shape index (κ2) is 7.78. The van der Waals surface area contributed by atoms with Crippen LogP contribution in [-0.4, -0.2) is 22.5 Å². The van der Waals surface area contributed by atoms with E-state index in [4.69, 9.17) is 4.74 Å². The van der Waals surface area contributed by atoms with Crippen molar-refractivity contribution in [1.29, 1.82) is 0 Å². The number of hydrogen-bond donors (Lipinski definition) is 1. The highest BCUT2D eigenvalue weighted by atomic mass is 32.1. The van der Waals surface area contributed by atoms with Crippen LogP contribution < -0.4 is 10.1 Å². The van der Waals surface area contributed by atoms with Crippen molar-refractivity contribution in [3.05, 3.63) is 71.4 Å². The standard InChI is InChI=1S/C22H19N3O2S/c1-14-3-7-16(8-4-14)18-12-28-22-20(18)21(23-13-24-22)27-11-19(26)25-17-9-5-15(2)6-10-17/h3-10,12-13H,11H2,1-2H3,(H,25,26). The summed E-state index contributed by atoms with van der Waals surface area (Å²) in [5, 5.41) is 5.71. The molecular weight excluding hydrogens is 370 g/mol. The van der Waals surface area contributed by atoms with Crippen LogP contribution in [0, 0.1) is 13.8 Å². The fraction of sp³-hybridized carbons (Fsp3) is 0.136. The first-order valence-corrected chi connectivity index (χ1v) is 9.76. The van der Waals surface area contributed by atoms with Crippen LogP contribution in [0.5, 0.6) is 5.88 Å². The lowest BCUT2D eigenvalue weighted by Crippen LogP contribution is -2.20. The highest BCUT2D eigenvalue weighted by Crippen LogP contribution is 2.37. The smallest absolute Gasteiger partial charge is 0.262 e. The minimum absolute atomic E-state index is 0.122. The number of carbonyl (C=O) groups excluding carboxylic acids is 1. The zero-order chi connectivity index (χ0) is 19.5. The molecule has 0 fully saturated rings. The quantitative estimate of drug-likeness (QED) is 0.522. The molecule has 2 aromatic carbocycles. The number of amides is 1. The van der Waals surface area contributed by atoms with Gasteiger partial charge in [-0.05, 0) is 31.5 Å². The molecule has 0 aliphatic carbocycles. The van der Waals surface area contributed by atoms with Gasteiger partial charge in [-0.2, -0.15) is 0 Å². The Kier molecular flexibility index (Phi) is 5.04. The van der Waals surface area contributed by atoms with Crippen molar-refractivity contribution in [2.24, 2.45) is 0 Å². The summed E-state index contributed by atoms with van der Waals surface area (Å²) in [4.78, 5) is 21.7. The molecule has 0 unspecified atom stereocenters. The number of benzene rings is 2. The zero-order valence-corrected chi connectivity index (χ0v) is 16.4. The number of fused-ring (bicyclic) bond motifs is 1. The maximum atomic E-state index is 12.3. The Balaban J connectivity index is 1.55. The van der Waals surface area contributed by atoms with Gasteiger partial charge in [0.2, 0.25) is 5.88 Å². The van der Waals surface area contributed by atoms with E-state index in [0.717, 1.165) is 32.6 Å². The van der Waals surface area contributed by atoms with Gasteiger partial charge in [-0.3, -0.25) is 4.79 Å². The zero-order valence-electron chi connectivity index (χ0n) is 15.6. The molecule has 0 saturated carbocycles. The van der Waals surface area contributed by atoms with E-state index in [2.05, 4.69) is 46.5 Å². The molecule has 28 heavy (non-hydrogen) atoms. The molecular formula is C22H19N3O2S. The fourth-order valence-electron chi connectivity index (χ4n) is 2.87. The number of thiophene rings is 1. The number of hydrogen-bond acceptors (Lipinski definition) is 5. The lowest BCUT2D eigenvalue weighted by Gasteiger charge is -2.09. The molecule has 2 heterocycles. The predicted molar refractivity (Wildman–Crippen MR) is 113 cm³/mol. The first kappa shape index (κ1) is 18.1. The molecule has 1 N–H and O–H groups in total. The maximum Gasteiger partial charge on any atom is 0.262 e. The normalized spacial score (nSPS) is 10.8. The number of anilines is 1. The number of nitrogens with one attached hydrogen (secondary N) is 1. The Bertz CT molecular complexity index is 1120. The topological polar surface area (TPSA) is 64.1 Å². The van der Waals surface area contributed by atoms with Crippen molar-refractivity contribution in [1.82, 2.24) is 9.97 Å². The molecule has 0 saturated heterocycles. The van der Waals surface area contributed by atoms with E-state index in [9.17, 15) is 4.79 Å². The average molecular weight is 389 g/mol. The van der Waals surface area contributed by atoms with Crippen LogP contribution >= 0.6 is 11.3 Å². The number of nitrogens with zero attached hydrogens (tertiary/aromatic N) is 2. The van der Waals surface area contributed by atoms with Crippen LogP contribution in [-0.2, 0) is 4.79 Å². The van der Waals surface area contributed by atoms with Gasteiger partial charge in [0.1, 0.15) is 11.2 Å². The number of aryl methyl sites for hydroxylation is 2. The van der Waals surface area contributed by atoms with Crippen LogP contribution in [0.2, 0.25) is 0 Å². The van der Waals surface area contributed by atoms with Gasteiger partial charge in [-0.25, -0.2) is 9.97 Å². The Morgan fingerprint density at radius 3 is 2.39 bits per heavy atom. The Hall–Kier alpha value is -3.25. The van der Waals surface area contributed by atoms with Gasteiger partial charge in [0, 0.05) is 16.6 Å². The Morgan fingerprint density at radius 2 is 1.68 bits per heavy atom. The monoisotopic (exact) mass is 389 g/mol. The summed E-state index contributed by atoms with van der Waals surface area (Å²) in [7, 11) is 0. The van der Waals surface area contributed by atoms with Gasteiger partial charge in [-0.1, -0.05) is 47.5 Å². The maximum absolute atomic E-state index is 12.3. The second-order valence-corrected chi connectivity index (χ2v) is 7.44. The third kappa shape index (κ3) is 3.87. The van der Waals surface area contributed by atoms with Crippen LogP contribution in [0.1, 0.15) is 11.1 Å². The largest absolute Gasteiger partial charge is 0.467 e. The number of rotatable bonds is 5. The van der Waals surface area contributed by atoms with E-state index >= 15 is 0 Å². The molecule has 4 rings (SSSR count). The lowest BCUT2D eigenvalue weighted by atomic mass is 10.0. The summed E-state index contributed by atoms with van der Waals surface area (Å²) in [6.07, 6.45) is 1.46. The molecule has 0 aliphatic rings. The van der Waals surface area contributed by atoms with Crippen molar-refractivity contribution >= 4 is 33.1 Å². The molecule has 6 heteroatoms. The first-order valence-electron chi connectivity index (χ1n) is 8.89. The van der Waals surface area contributed by atoms with E-state index in [1.807, 2.05) is 36.6 Å². The van der Waals surface area contributed by atoms with Crippen LogP contribution in [0.4, 0.5) is 5.69 Å². The van der Waals surface area contributed by atoms with Gasteiger partial charge < -0.3 is 10.1 Å². The van der Waals surface area contributed by atoms with E-state index in [0.29, 0.717) is 5.88 Å². The number of carbonyl (C=O) groups is 1. The van der Waals surface area contributed by atoms with Gasteiger partial charge in [-0.15, -0.1) is 11.3 Å². The third-order valence-electron chi connectivity index (χ3n) is 4.37. The van der Waals surface area contributed by atoms with Crippen LogP contribution in [0.25, 0.3) is 21.3 Å². The van der Waals surface area contributed by atoms with Crippen LogP contribution in [0.3, 0.4) is 0 Å². The third-order valence-corrected chi connectivity index (χ3v) is 5.26. The van der Waals surface area contributed by atoms with E-state index in [1.54, 1.807) is 0 Å². The summed E-state index contributed by atoms with van der Waals surface area (Å²) < 4.78 is 5.76. The molecule has 0 atom stereocenters. The van der Waals surface area contributed by atoms with Crippen molar-refractivity contribution in [3.63, 3.8) is 0 Å². The van der Waals surface area contributed by atoms with E-state index in [1.165, 1.54) is 23.2 Å². The summed E-state index contributed by atoms with van der Waals surface area (Å²) in [6.45, 7) is 3.94. The lowest BCUT2D eigenvalue weighted by molar-refractivity contribution is -0.118. The molecule has 140 valence electrons. The predicted octanol–water partition coefficient (Wildman–Crippen LogP) is 4.99. The molecule has 0 aliphatic heterocycles. The van der Waals surface area contributed by atoms with Crippen molar-refractivity contribution < 1.29 is 9.53 Å². The summed E-state index contributed by atoms with van der Waals surface area (Å²) in [5.41, 5.74) is 5.15. The minimum atomic E-state index is -0.234. The SMILES string of the molecule is Cc1ccc(NC(=O)COc2ncnc3scc(-c4ccc(C)cc4)c23)cc1. The molecule has 5 nitrogen and oxygen atoms in total. The Labute approximate surface area is 167 Å². The molecule has 0 spiro atoms. The minimum Gasteiger partial charge on any atom is -0.467 e. The van der Waals surface area contributed by atoms with Gasteiger partial charge in [0.05, 0.1) is 5.39 Å². The summed E-state index contributed by atoms with van der Waals surface area (Å²) >= 11 is 1.53. The Morgan fingerprint density at radius 1 is 1.00 bits per heavy atom. The van der Waals surface area contributed by atoms with Crippen molar-refractivity contribution in [2.45, 2.75) is 13.8 Å². The van der Waals surface area contributed by atoms with Gasteiger partial charge in [0.15, 0.2) is 6.61 Å². The number of ether oxygens (including phenoxy) is 1. The van der Waals surface area contributed by atoms with Gasteiger partial charge >= 0.3 is 0 Å². The summed E-state index contributed by atoms with van der Waals surface area (Å²) in [6, 6.07) is 15.9. The molecule has 0 bridgehead atoms. The van der Waals surface area contributed by atoms with Crippen molar-refractivity contribution in [3.8, 4) is 17.0 Å². The number of aromatic nitrogens is 2. The first-order chi connectivity index (χ1) is 13.6.